The first-order valence-electron chi connectivity index (χ1n) is 22.3. The van der Waals surface area contributed by atoms with Crippen LogP contribution in [0.25, 0.3) is 42.3 Å². The van der Waals surface area contributed by atoms with E-state index in [1.54, 1.807) is 20.1 Å². The molecular formula is C52H53Br2N4PS4Si. The molecular weight excluding hydrogens is 1030 g/mol. The zero-order valence-corrected chi connectivity index (χ0v) is 45.2. The van der Waals surface area contributed by atoms with Crippen molar-refractivity contribution < 1.29 is 0 Å². The monoisotopic (exact) mass is 1080 g/mol. The highest BCUT2D eigenvalue weighted by molar-refractivity contribution is 9.11. The molecule has 4 aromatic heterocycles. The predicted octanol–water partition coefficient (Wildman–Crippen LogP) is 15.5. The van der Waals surface area contributed by atoms with Gasteiger partial charge in [0.15, 0.2) is 0 Å². The van der Waals surface area contributed by atoms with E-state index in [2.05, 4.69) is 188 Å². The van der Waals surface area contributed by atoms with Crippen LogP contribution in [0.15, 0.2) is 136 Å². The molecule has 0 radical (unpaired) electrons. The van der Waals surface area contributed by atoms with Gasteiger partial charge < -0.3 is 0 Å². The summed E-state index contributed by atoms with van der Waals surface area (Å²) in [7, 11) is -2.19. The van der Waals surface area contributed by atoms with Gasteiger partial charge in [-0.1, -0.05) is 168 Å². The Labute approximate surface area is 414 Å². The second kappa shape index (κ2) is 22.5. The van der Waals surface area contributed by atoms with E-state index in [0.717, 1.165) is 31.0 Å². The number of fused-ring (bicyclic) bond motifs is 5. The smallest absolute Gasteiger partial charge is 0.122 e. The molecule has 0 N–H and O–H groups in total. The van der Waals surface area contributed by atoms with Crippen LogP contribution in [0, 0.1) is 13.8 Å². The fraction of sp³-hybridized carbons (Fsp3) is 0.269. The highest BCUT2D eigenvalue weighted by atomic mass is 79.9. The Kier molecular flexibility index (Phi) is 16.6. The quantitative estimate of drug-likeness (QED) is 0.0619. The van der Waals surface area contributed by atoms with E-state index in [1.165, 1.54) is 124 Å². The number of benzene rings is 5. The van der Waals surface area contributed by atoms with Crippen molar-refractivity contribution in [3.8, 4) is 20.2 Å². The third kappa shape index (κ3) is 10.5. The van der Waals surface area contributed by atoms with E-state index >= 15 is 0 Å². The first kappa shape index (κ1) is 47.2. The third-order valence-corrected chi connectivity index (χ3v) is 24.8. The van der Waals surface area contributed by atoms with Crippen molar-refractivity contribution >= 4 is 142 Å². The molecule has 64 heavy (non-hydrogen) atoms. The van der Waals surface area contributed by atoms with Gasteiger partial charge >= 0.3 is 0 Å². The minimum atomic E-state index is -1.74. The zero-order valence-electron chi connectivity index (χ0n) is 36.8. The average Bonchev–Trinajstić information content (AvgIpc) is 4.18. The first-order chi connectivity index (χ1) is 31.3. The Bertz CT molecular complexity index is 2760. The van der Waals surface area contributed by atoms with Crippen LogP contribution in [0.1, 0.15) is 75.7 Å². The lowest BCUT2D eigenvalue weighted by molar-refractivity contribution is 0.684. The van der Waals surface area contributed by atoms with Crippen LogP contribution in [0.5, 0.6) is 0 Å². The summed E-state index contributed by atoms with van der Waals surface area (Å²) >= 11 is 13.4. The lowest BCUT2D eigenvalue weighted by Gasteiger charge is -2.29. The van der Waals surface area contributed by atoms with Crippen LogP contribution < -0.4 is 26.3 Å². The van der Waals surface area contributed by atoms with Crippen LogP contribution in [0.4, 0.5) is 0 Å². The molecule has 0 fully saturated rings. The Morgan fingerprint density at radius 3 is 1.48 bits per heavy atom. The summed E-state index contributed by atoms with van der Waals surface area (Å²) in [6.07, 6.45) is 10.9. The molecule has 4 nitrogen and oxygen atoms in total. The van der Waals surface area contributed by atoms with Crippen LogP contribution in [0.3, 0.4) is 0 Å². The van der Waals surface area contributed by atoms with Crippen LogP contribution in [-0.2, 0) is 0 Å². The largest absolute Gasteiger partial charge is 0.173 e. The number of hydrogen-bond acceptors (Lipinski definition) is 8. The first-order valence-corrected chi connectivity index (χ1v) is 30.8. The lowest BCUT2D eigenvalue weighted by Crippen LogP contribution is -2.54. The summed E-state index contributed by atoms with van der Waals surface area (Å²) in [4.78, 5) is 6.10. The topological polar surface area (TPSA) is 51.6 Å². The van der Waals surface area contributed by atoms with Gasteiger partial charge in [0.05, 0.1) is 23.5 Å². The van der Waals surface area contributed by atoms with Gasteiger partial charge in [0.25, 0.3) is 0 Å². The van der Waals surface area contributed by atoms with Crippen molar-refractivity contribution in [2.75, 3.05) is 0 Å². The van der Waals surface area contributed by atoms with E-state index in [1.807, 2.05) is 34.8 Å². The summed E-state index contributed by atoms with van der Waals surface area (Å²) in [5.74, 6) is 0. The highest BCUT2D eigenvalue weighted by Crippen LogP contribution is 2.46. The summed E-state index contributed by atoms with van der Waals surface area (Å²) in [5.41, 5.74) is 6.51. The van der Waals surface area contributed by atoms with Gasteiger partial charge in [0.2, 0.25) is 0 Å². The summed E-state index contributed by atoms with van der Waals surface area (Å²) in [6, 6.07) is 48.8. The van der Waals surface area contributed by atoms with Gasteiger partial charge in [-0.25, -0.2) is 0 Å². The number of rotatable bonds is 14. The Hall–Kier alpha value is -3.25. The fourth-order valence-electron chi connectivity index (χ4n) is 8.78. The molecule has 10 rings (SSSR count). The number of aryl methyl sites for hydroxylation is 2. The minimum absolute atomic E-state index is 0.446. The van der Waals surface area contributed by atoms with E-state index in [0.29, 0.717) is 0 Å². The second-order valence-corrected chi connectivity index (χ2v) is 27.9. The SMILES string of the molecule is Brc1ccc(Br)c2nsnc12.CCCCCC[Si]1(CCCCCC)c2cc(C)sc2-c2sc(-c3ccc(C)c4nsnc34)cc21.c1ccc(P(c2ccccc2)c2ccccc2)cc1. The molecule has 0 saturated heterocycles. The predicted molar refractivity (Wildman–Crippen MR) is 294 cm³/mol. The average molecular weight is 1080 g/mol. The van der Waals surface area contributed by atoms with Gasteiger partial charge in [-0.05, 0) is 122 Å². The number of unbranched alkanes of at least 4 members (excludes halogenated alkanes) is 6. The Morgan fingerprint density at radius 1 is 0.500 bits per heavy atom. The van der Waals surface area contributed by atoms with Crippen molar-refractivity contribution in [1.82, 2.24) is 17.5 Å². The molecule has 0 bridgehead atoms. The van der Waals surface area contributed by atoms with E-state index in [9.17, 15) is 0 Å². The van der Waals surface area contributed by atoms with E-state index in [4.69, 9.17) is 4.37 Å². The summed E-state index contributed by atoms with van der Waals surface area (Å²) in [5, 5.41) is 7.72. The summed E-state index contributed by atoms with van der Waals surface area (Å²) in [6.45, 7) is 9.11. The molecule has 0 spiro atoms. The maximum absolute atomic E-state index is 4.71. The summed E-state index contributed by atoms with van der Waals surface area (Å²) < 4.78 is 19.6. The highest BCUT2D eigenvalue weighted by Gasteiger charge is 2.47. The Balaban J connectivity index is 0.000000155. The van der Waals surface area contributed by atoms with Crippen LogP contribution >= 0.6 is 85.9 Å². The number of hydrogen-bond donors (Lipinski definition) is 0. The fourth-order valence-corrected chi connectivity index (χ4v) is 22.7. The minimum Gasteiger partial charge on any atom is -0.173 e. The van der Waals surface area contributed by atoms with Gasteiger partial charge in [0.1, 0.15) is 30.1 Å². The van der Waals surface area contributed by atoms with Crippen molar-refractivity contribution in [2.45, 2.75) is 91.1 Å². The van der Waals surface area contributed by atoms with Crippen molar-refractivity contribution in [2.24, 2.45) is 0 Å². The molecule has 328 valence electrons. The molecule has 0 unspecified atom stereocenters. The van der Waals surface area contributed by atoms with Crippen molar-refractivity contribution in [3.63, 3.8) is 0 Å². The molecule has 0 aliphatic carbocycles. The van der Waals surface area contributed by atoms with E-state index in [-0.39, 0.29) is 0 Å². The molecule has 12 heteroatoms. The molecule has 1 aliphatic rings. The molecule has 9 aromatic rings. The Morgan fingerprint density at radius 2 is 0.969 bits per heavy atom. The standard InChI is InChI=1S/C28H36N2S3Si.C18H15P.C6H2Br2N2S/c1-5-7-9-11-15-34(16-12-10-8-6-2)23-17-20(4)31-27(23)28-24(34)18-22(32-28)21-14-13-19(3)25-26(21)30-33-29-25;1-4-10-16(11-5-1)19(17-12-6-2-7-13-17)18-14-8-3-9-15-18;7-3-1-2-4(8)6-5(3)9-11-10-6/h13-14,17-18H,5-12,15-16H2,1-4H3;1-15H;1-2H. The maximum Gasteiger partial charge on any atom is 0.122 e. The van der Waals surface area contributed by atoms with Gasteiger partial charge in [0, 0.05) is 34.0 Å². The number of aromatic nitrogens is 4. The lowest BCUT2D eigenvalue weighted by atomic mass is 10.1. The van der Waals surface area contributed by atoms with Gasteiger partial charge in [-0.3, -0.25) is 0 Å². The van der Waals surface area contributed by atoms with Gasteiger partial charge in [-0.15, -0.1) is 22.7 Å². The van der Waals surface area contributed by atoms with Crippen LogP contribution in [0.2, 0.25) is 12.1 Å². The molecule has 5 heterocycles. The number of halogens is 2. The van der Waals surface area contributed by atoms with Crippen LogP contribution in [-0.4, -0.2) is 25.6 Å². The molecule has 5 aromatic carbocycles. The molecule has 0 saturated carbocycles. The maximum atomic E-state index is 4.71. The zero-order chi connectivity index (χ0) is 44.5. The van der Waals surface area contributed by atoms with Crippen molar-refractivity contribution in [3.05, 3.63) is 147 Å². The number of thiophene rings is 2. The van der Waals surface area contributed by atoms with Gasteiger partial charge in [-0.2, -0.15) is 17.5 Å². The third-order valence-electron chi connectivity index (χ3n) is 12.0. The normalized spacial score (nSPS) is 12.5. The molecule has 0 amide bonds. The molecule has 0 atom stereocenters. The second-order valence-electron chi connectivity index (χ2n) is 16.4. The molecule has 1 aliphatic heterocycles. The van der Waals surface area contributed by atoms with Crippen molar-refractivity contribution in [1.29, 1.82) is 0 Å². The number of nitrogens with zero attached hydrogens (tertiary/aromatic N) is 4. The van der Waals surface area contributed by atoms with E-state index < -0.39 is 16.0 Å².